The summed E-state index contributed by atoms with van der Waals surface area (Å²) in [6.07, 6.45) is 0. The normalized spacial score (nSPS) is 11.5. The van der Waals surface area contributed by atoms with Crippen LogP contribution in [0.1, 0.15) is 52.7 Å². The summed E-state index contributed by atoms with van der Waals surface area (Å²) in [7, 11) is 0. The Kier molecular flexibility index (Phi) is 9.21. The third kappa shape index (κ3) is 10.6. The van der Waals surface area contributed by atoms with Crippen LogP contribution in [0.15, 0.2) is 60.7 Å². The van der Waals surface area contributed by atoms with Gasteiger partial charge >= 0.3 is 0 Å². The molecule has 2 aromatic rings. The van der Waals surface area contributed by atoms with E-state index in [1.165, 1.54) is 11.1 Å². The Bertz CT molecular complexity index is 674. The van der Waals surface area contributed by atoms with Crippen molar-refractivity contribution in [2.75, 3.05) is 6.54 Å². The van der Waals surface area contributed by atoms with Crippen molar-refractivity contribution in [2.24, 2.45) is 0 Å². The number of nitrogens with zero attached hydrogens (tertiary/aromatic N) is 2. The van der Waals surface area contributed by atoms with Crippen molar-refractivity contribution in [3.05, 3.63) is 71.8 Å². The van der Waals surface area contributed by atoms with E-state index in [0.29, 0.717) is 6.54 Å². The van der Waals surface area contributed by atoms with Crippen molar-refractivity contribution in [3.63, 3.8) is 0 Å². The first-order valence-corrected chi connectivity index (χ1v) is 9.57. The number of rotatable bonds is 5. The standard InChI is InChI=1S/C13H18N2.C11H17N/c1-13(2,3)15(10-9-14)11-12-7-5-4-6-8-12;1-11(2,3)12-9-10-7-5-4-6-8-10/h4-8H,10-11H2,1-3H3;4-8,12H,9H2,1-3H3. The predicted molar refractivity (Wildman–Crippen MR) is 115 cm³/mol. The molecule has 3 nitrogen and oxygen atoms in total. The highest BCUT2D eigenvalue weighted by Crippen LogP contribution is 2.16. The van der Waals surface area contributed by atoms with Gasteiger partial charge in [0.1, 0.15) is 0 Å². The topological polar surface area (TPSA) is 39.1 Å². The highest BCUT2D eigenvalue weighted by atomic mass is 15.2. The Labute approximate surface area is 166 Å². The first kappa shape index (κ1) is 22.9. The lowest BCUT2D eigenvalue weighted by atomic mass is 10.0. The molecule has 0 aliphatic rings. The van der Waals surface area contributed by atoms with E-state index >= 15 is 0 Å². The molecular weight excluding hydrogens is 330 g/mol. The zero-order valence-electron chi connectivity index (χ0n) is 17.8. The summed E-state index contributed by atoms with van der Waals surface area (Å²) in [5.41, 5.74) is 2.83. The largest absolute Gasteiger partial charge is 0.308 e. The first-order chi connectivity index (χ1) is 12.6. The summed E-state index contributed by atoms with van der Waals surface area (Å²) in [4.78, 5) is 2.17. The molecule has 0 amide bonds. The number of benzene rings is 2. The van der Waals surface area contributed by atoms with Gasteiger partial charge in [-0.2, -0.15) is 5.26 Å². The van der Waals surface area contributed by atoms with Crippen LogP contribution < -0.4 is 5.32 Å². The molecule has 3 heteroatoms. The molecule has 0 aliphatic carbocycles. The van der Waals surface area contributed by atoms with Crippen LogP contribution in [-0.2, 0) is 13.1 Å². The maximum Gasteiger partial charge on any atom is 0.0873 e. The van der Waals surface area contributed by atoms with E-state index in [1.54, 1.807) is 0 Å². The van der Waals surface area contributed by atoms with Gasteiger partial charge in [0.15, 0.2) is 0 Å². The molecule has 0 heterocycles. The second-order valence-electron chi connectivity index (χ2n) is 8.76. The van der Waals surface area contributed by atoms with Gasteiger partial charge in [0.05, 0.1) is 12.6 Å². The third-order valence-electron chi connectivity index (χ3n) is 4.09. The molecule has 0 saturated heterocycles. The van der Waals surface area contributed by atoms with Crippen molar-refractivity contribution < 1.29 is 0 Å². The van der Waals surface area contributed by atoms with E-state index in [4.69, 9.17) is 5.26 Å². The van der Waals surface area contributed by atoms with E-state index in [0.717, 1.165) is 13.1 Å². The lowest BCUT2D eigenvalue weighted by Gasteiger charge is -2.33. The van der Waals surface area contributed by atoms with E-state index in [1.807, 2.05) is 24.3 Å². The molecule has 0 aromatic heterocycles. The van der Waals surface area contributed by atoms with Gasteiger partial charge in [0.2, 0.25) is 0 Å². The van der Waals surface area contributed by atoms with Gasteiger partial charge < -0.3 is 5.32 Å². The van der Waals surface area contributed by atoms with Crippen LogP contribution in [-0.4, -0.2) is 22.5 Å². The summed E-state index contributed by atoms with van der Waals surface area (Å²) in [6.45, 7) is 15.2. The smallest absolute Gasteiger partial charge is 0.0873 e. The average molecular weight is 366 g/mol. The van der Waals surface area contributed by atoms with Gasteiger partial charge in [-0.3, -0.25) is 4.90 Å². The Balaban J connectivity index is 0.000000277. The summed E-state index contributed by atoms with van der Waals surface area (Å²) in [5.74, 6) is 0. The molecule has 0 spiro atoms. The molecule has 0 radical (unpaired) electrons. The Morgan fingerprint density at radius 3 is 1.70 bits per heavy atom. The van der Waals surface area contributed by atoms with Gasteiger partial charge in [-0.25, -0.2) is 0 Å². The molecule has 0 saturated carbocycles. The monoisotopic (exact) mass is 365 g/mol. The lowest BCUT2D eigenvalue weighted by molar-refractivity contribution is 0.147. The lowest BCUT2D eigenvalue weighted by Crippen LogP contribution is -2.40. The van der Waals surface area contributed by atoms with Crippen LogP contribution >= 0.6 is 0 Å². The predicted octanol–water partition coefficient (Wildman–Crippen LogP) is 5.39. The number of hydrogen-bond donors (Lipinski definition) is 1. The molecule has 1 N–H and O–H groups in total. The summed E-state index contributed by atoms with van der Waals surface area (Å²) >= 11 is 0. The quantitative estimate of drug-likeness (QED) is 0.723. The van der Waals surface area contributed by atoms with Gasteiger partial charge in [-0.05, 0) is 52.7 Å². The summed E-state index contributed by atoms with van der Waals surface area (Å²) in [5, 5.41) is 12.2. The van der Waals surface area contributed by atoms with Crippen molar-refractivity contribution in [3.8, 4) is 6.07 Å². The van der Waals surface area contributed by atoms with Crippen molar-refractivity contribution in [1.29, 1.82) is 5.26 Å². The van der Waals surface area contributed by atoms with Crippen LogP contribution in [0.2, 0.25) is 0 Å². The molecule has 146 valence electrons. The van der Waals surface area contributed by atoms with Crippen LogP contribution in [0, 0.1) is 11.3 Å². The second kappa shape index (κ2) is 10.9. The van der Waals surface area contributed by atoms with Gasteiger partial charge in [0, 0.05) is 24.2 Å². The maximum atomic E-state index is 8.79. The van der Waals surface area contributed by atoms with Crippen molar-refractivity contribution >= 4 is 0 Å². The minimum absolute atomic E-state index is 0.0333. The molecule has 2 aromatic carbocycles. The number of hydrogen-bond acceptors (Lipinski definition) is 3. The summed E-state index contributed by atoms with van der Waals surface area (Å²) in [6, 6.07) is 22.9. The third-order valence-corrected chi connectivity index (χ3v) is 4.09. The Hall–Kier alpha value is -2.15. The van der Waals surface area contributed by atoms with Crippen molar-refractivity contribution in [1.82, 2.24) is 10.2 Å². The summed E-state index contributed by atoms with van der Waals surface area (Å²) < 4.78 is 0. The molecule has 2 rings (SSSR count). The van der Waals surface area contributed by atoms with Gasteiger partial charge in [-0.1, -0.05) is 60.7 Å². The van der Waals surface area contributed by atoms with E-state index < -0.39 is 0 Å². The fourth-order valence-corrected chi connectivity index (χ4v) is 2.38. The van der Waals surface area contributed by atoms with Crippen LogP contribution in [0.5, 0.6) is 0 Å². The van der Waals surface area contributed by atoms with Gasteiger partial charge in [0.25, 0.3) is 0 Å². The van der Waals surface area contributed by atoms with E-state index in [-0.39, 0.29) is 11.1 Å². The highest BCUT2D eigenvalue weighted by molar-refractivity contribution is 5.15. The van der Waals surface area contributed by atoms with Crippen LogP contribution in [0.3, 0.4) is 0 Å². The zero-order valence-corrected chi connectivity index (χ0v) is 17.8. The molecule has 0 bridgehead atoms. The Morgan fingerprint density at radius 1 is 0.815 bits per heavy atom. The molecule has 0 unspecified atom stereocenters. The molecule has 0 aliphatic heterocycles. The average Bonchev–Trinajstić information content (AvgIpc) is 2.61. The van der Waals surface area contributed by atoms with Gasteiger partial charge in [-0.15, -0.1) is 0 Å². The molecule has 0 atom stereocenters. The number of nitriles is 1. The van der Waals surface area contributed by atoms with E-state index in [2.05, 4.69) is 94.2 Å². The first-order valence-electron chi connectivity index (χ1n) is 9.57. The minimum Gasteiger partial charge on any atom is -0.308 e. The van der Waals surface area contributed by atoms with E-state index in [9.17, 15) is 0 Å². The molecular formula is C24H35N3. The maximum absolute atomic E-state index is 8.79. The highest BCUT2D eigenvalue weighted by Gasteiger charge is 2.20. The fraction of sp³-hybridized carbons (Fsp3) is 0.458. The second-order valence-corrected chi connectivity index (χ2v) is 8.76. The fourth-order valence-electron chi connectivity index (χ4n) is 2.38. The Morgan fingerprint density at radius 2 is 1.30 bits per heavy atom. The van der Waals surface area contributed by atoms with Crippen LogP contribution in [0.25, 0.3) is 0 Å². The molecule has 27 heavy (non-hydrogen) atoms. The number of nitrogens with one attached hydrogen (secondary N) is 1. The zero-order chi connectivity index (χ0) is 20.3. The SMILES string of the molecule is CC(C)(C)N(CC#N)Cc1ccccc1.CC(C)(C)NCc1ccccc1. The van der Waals surface area contributed by atoms with Crippen LogP contribution in [0.4, 0.5) is 0 Å². The van der Waals surface area contributed by atoms with Crippen molar-refractivity contribution in [2.45, 2.75) is 65.7 Å². The molecule has 0 fully saturated rings. The minimum atomic E-state index is 0.0333.